The van der Waals surface area contributed by atoms with Crippen LogP contribution in [0.1, 0.15) is 6.92 Å². The monoisotopic (exact) mass is 266 g/mol. The molecule has 0 fully saturated rings. The number of carbonyl (C=O) groups is 1. The van der Waals surface area contributed by atoms with Crippen LogP contribution in [0.5, 0.6) is 0 Å². The van der Waals surface area contributed by atoms with Crippen molar-refractivity contribution < 1.29 is 4.79 Å². The van der Waals surface area contributed by atoms with Crippen molar-refractivity contribution in [1.82, 2.24) is 15.4 Å². The van der Waals surface area contributed by atoms with Crippen LogP contribution >= 0.6 is 0 Å². The predicted octanol–water partition coefficient (Wildman–Crippen LogP) is 2.69. The van der Waals surface area contributed by atoms with E-state index in [0.29, 0.717) is 0 Å². The molecule has 0 saturated heterocycles. The number of aromatic nitrogens is 2. The summed E-state index contributed by atoms with van der Waals surface area (Å²) in [6, 6.07) is 15.5. The lowest BCUT2D eigenvalue weighted by Crippen LogP contribution is -2.26. The van der Waals surface area contributed by atoms with E-state index in [9.17, 15) is 4.79 Å². The van der Waals surface area contributed by atoms with Gasteiger partial charge < -0.3 is 4.98 Å². The van der Waals surface area contributed by atoms with Crippen molar-refractivity contribution >= 4 is 22.6 Å². The van der Waals surface area contributed by atoms with E-state index in [1.807, 2.05) is 48.5 Å². The molecule has 5 nitrogen and oxygen atoms in total. The number of amides is 1. The number of benzene rings is 2. The Balaban J connectivity index is 2.02. The molecule has 2 aromatic carbocycles. The molecule has 0 radical (unpaired) electrons. The Morgan fingerprint density at radius 1 is 1.10 bits per heavy atom. The van der Waals surface area contributed by atoms with E-state index >= 15 is 0 Å². The molecule has 1 amide bonds. The van der Waals surface area contributed by atoms with E-state index in [-0.39, 0.29) is 5.91 Å². The highest BCUT2D eigenvalue weighted by atomic mass is 16.2. The zero-order chi connectivity index (χ0) is 13.9. The largest absolute Gasteiger partial charge is 0.338 e. The number of hydrazine groups is 1. The number of H-pyrrole nitrogens is 1. The van der Waals surface area contributed by atoms with Gasteiger partial charge in [0.05, 0.1) is 16.7 Å². The first-order chi connectivity index (χ1) is 9.74. The zero-order valence-corrected chi connectivity index (χ0v) is 11.0. The van der Waals surface area contributed by atoms with E-state index in [0.717, 1.165) is 28.1 Å². The van der Waals surface area contributed by atoms with Crippen molar-refractivity contribution in [2.75, 3.05) is 5.43 Å². The van der Waals surface area contributed by atoms with E-state index in [2.05, 4.69) is 20.8 Å². The Kier molecular flexibility index (Phi) is 3.09. The van der Waals surface area contributed by atoms with Gasteiger partial charge in [0.1, 0.15) is 5.82 Å². The number of imidazole rings is 1. The third-order valence-corrected chi connectivity index (χ3v) is 2.94. The van der Waals surface area contributed by atoms with Gasteiger partial charge in [-0.15, -0.1) is 0 Å². The minimum atomic E-state index is -0.149. The highest BCUT2D eigenvalue weighted by Crippen LogP contribution is 2.26. The van der Waals surface area contributed by atoms with Crippen LogP contribution in [-0.2, 0) is 4.79 Å². The summed E-state index contributed by atoms with van der Waals surface area (Å²) in [5.41, 5.74) is 9.06. The van der Waals surface area contributed by atoms with Crippen molar-refractivity contribution in [1.29, 1.82) is 0 Å². The second kappa shape index (κ2) is 5.05. The van der Waals surface area contributed by atoms with Crippen molar-refractivity contribution in [2.45, 2.75) is 6.92 Å². The van der Waals surface area contributed by atoms with Crippen LogP contribution in [0.3, 0.4) is 0 Å². The third-order valence-electron chi connectivity index (χ3n) is 2.94. The van der Waals surface area contributed by atoms with Crippen molar-refractivity contribution in [3.05, 3.63) is 48.5 Å². The molecule has 3 N–H and O–H groups in total. The van der Waals surface area contributed by atoms with E-state index < -0.39 is 0 Å². The predicted molar refractivity (Wildman–Crippen MR) is 79.0 cm³/mol. The Bertz CT molecular complexity index is 730. The number of hydrogen-bond acceptors (Lipinski definition) is 3. The van der Waals surface area contributed by atoms with Crippen LogP contribution < -0.4 is 10.9 Å². The van der Waals surface area contributed by atoms with Crippen molar-refractivity contribution in [2.24, 2.45) is 0 Å². The molecule has 100 valence electrons. The summed E-state index contributed by atoms with van der Waals surface area (Å²) in [6.07, 6.45) is 0. The molecule has 0 bridgehead atoms. The molecule has 1 heterocycles. The van der Waals surface area contributed by atoms with E-state index in [4.69, 9.17) is 0 Å². The molecule has 1 aromatic heterocycles. The normalized spacial score (nSPS) is 10.4. The minimum Gasteiger partial charge on any atom is -0.338 e. The molecule has 3 rings (SSSR count). The maximum atomic E-state index is 11.0. The molecule has 3 aromatic rings. The third kappa shape index (κ3) is 2.33. The summed E-state index contributed by atoms with van der Waals surface area (Å²) in [5, 5.41) is 0. The lowest BCUT2D eigenvalue weighted by molar-refractivity contribution is -0.118. The number of para-hydroxylation sites is 3. The van der Waals surface area contributed by atoms with Gasteiger partial charge in [-0.25, -0.2) is 4.98 Å². The number of carbonyl (C=O) groups excluding carboxylic acids is 1. The summed E-state index contributed by atoms with van der Waals surface area (Å²) in [7, 11) is 0. The van der Waals surface area contributed by atoms with Crippen LogP contribution in [0.25, 0.3) is 22.4 Å². The van der Waals surface area contributed by atoms with Crippen LogP contribution in [0.4, 0.5) is 5.69 Å². The SMILES string of the molecule is CC(=O)NNc1ccccc1-c1nc2ccccc2[nH]1. The van der Waals surface area contributed by atoms with Gasteiger partial charge in [-0.3, -0.25) is 15.6 Å². The smallest absolute Gasteiger partial charge is 0.235 e. The fourth-order valence-corrected chi connectivity index (χ4v) is 2.03. The van der Waals surface area contributed by atoms with Crippen LogP contribution in [0.2, 0.25) is 0 Å². The Morgan fingerprint density at radius 2 is 1.85 bits per heavy atom. The molecule has 0 aliphatic rings. The molecule has 0 spiro atoms. The number of aromatic amines is 1. The van der Waals surface area contributed by atoms with Gasteiger partial charge in [-0.2, -0.15) is 0 Å². The number of hydrogen-bond donors (Lipinski definition) is 3. The average Bonchev–Trinajstić information content (AvgIpc) is 2.89. The quantitative estimate of drug-likeness (QED) is 0.638. The second-order valence-electron chi connectivity index (χ2n) is 4.45. The molecule has 0 saturated carbocycles. The molecular weight excluding hydrogens is 252 g/mol. The molecule has 0 atom stereocenters. The van der Waals surface area contributed by atoms with Crippen molar-refractivity contribution in [3.8, 4) is 11.4 Å². The van der Waals surface area contributed by atoms with Gasteiger partial charge >= 0.3 is 0 Å². The first-order valence-corrected chi connectivity index (χ1v) is 6.31. The Labute approximate surface area is 116 Å². The van der Waals surface area contributed by atoms with Gasteiger partial charge in [0.2, 0.25) is 5.91 Å². The molecular formula is C15H14N4O. The highest BCUT2D eigenvalue weighted by molar-refractivity contribution is 5.83. The van der Waals surface area contributed by atoms with Crippen LogP contribution in [-0.4, -0.2) is 15.9 Å². The fraction of sp³-hybridized carbons (Fsp3) is 0.0667. The summed E-state index contributed by atoms with van der Waals surface area (Å²) >= 11 is 0. The summed E-state index contributed by atoms with van der Waals surface area (Å²) < 4.78 is 0. The second-order valence-corrected chi connectivity index (χ2v) is 4.45. The summed E-state index contributed by atoms with van der Waals surface area (Å²) in [5.74, 6) is 0.615. The Morgan fingerprint density at radius 3 is 2.65 bits per heavy atom. The molecule has 0 unspecified atom stereocenters. The maximum absolute atomic E-state index is 11.0. The van der Waals surface area contributed by atoms with E-state index in [1.54, 1.807) is 0 Å². The maximum Gasteiger partial charge on any atom is 0.235 e. The lowest BCUT2D eigenvalue weighted by Gasteiger charge is -2.10. The van der Waals surface area contributed by atoms with E-state index in [1.165, 1.54) is 6.92 Å². The first kappa shape index (κ1) is 12.2. The van der Waals surface area contributed by atoms with Gasteiger partial charge in [-0.05, 0) is 24.3 Å². The number of nitrogens with zero attached hydrogens (tertiary/aromatic N) is 1. The van der Waals surface area contributed by atoms with Crippen LogP contribution in [0.15, 0.2) is 48.5 Å². The molecule has 20 heavy (non-hydrogen) atoms. The summed E-state index contributed by atoms with van der Waals surface area (Å²) in [4.78, 5) is 18.8. The summed E-state index contributed by atoms with van der Waals surface area (Å²) in [6.45, 7) is 1.46. The number of fused-ring (bicyclic) bond motifs is 1. The minimum absolute atomic E-state index is 0.149. The molecule has 0 aliphatic heterocycles. The van der Waals surface area contributed by atoms with Gasteiger partial charge in [-0.1, -0.05) is 24.3 Å². The average molecular weight is 266 g/mol. The molecule has 0 aliphatic carbocycles. The first-order valence-electron chi connectivity index (χ1n) is 6.31. The number of rotatable bonds is 3. The number of nitrogens with one attached hydrogen (secondary N) is 3. The van der Waals surface area contributed by atoms with Crippen molar-refractivity contribution in [3.63, 3.8) is 0 Å². The van der Waals surface area contributed by atoms with Gasteiger partial charge in [0.25, 0.3) is 0 Å². The molecule has 5 heteroatoms. The van der Waals surface area contributed by atoms with Gasteiger partial charge in [0, 0.05) is 12.5 Å². The number of anilines is 1. The topological polar surface area (TPSA) is 69.8 Å². The highest BCUT2D eigenvalue weighted by Gasteiger charge is 2.09. The lowest BCUT2D eigenvalue weighted by atomic mass is 10.2. The Hall–Kier alpha value is -2.82. The standard InChI is InChI=1S/C15H14N4O/c1-10(20)18-19-12-7-3-2-6-11(12)15-16-13-8-4-5-9-14(13)17-15/h2-9,19H,1H3,(H,16,17)(H,18,20). The van der Waals surface area contributed by atoms with Gasteiger partial charge in [0.15, 0.2) is 0 Å². The fourth-order valence-electron chi connectivity index (χ4n) is 2.03. The zero-order valence-electron chi connectivity index (χ0n) is 11.0. The van der Waals surface area contributed by atoms with Crippen LogP contribution in [0, 0.1) is 0 Å².